The van der Waals surface area contributed by atoms with Crippen LogP contribution in [0.2, 0.25) is 0 Å². The van der Waals surface area contributed by atoms with E-state index in [-0.39, 0.29) is 11.5 Å². The summed E-state index contributed by atoms with van der Waals surface area (Å²) in [5.74, 6) is -2.69. The Kier molecular flexibility index (Phi) is 3.55. The van der Waals surface area contributed by atoms with Gasteiger partial charge in [0, 0.05) is 12.6 Å². The Labute approximate surface area is 102 Å². The number of amides is 2. The van der Waals surface area contributed by atoms with Gasteiger partial charge in [-0.15, -0.1) is 0 Å². The fourth-order valence-electron chi connectivity index (χ4n) is 1.82. The quantitative estimate of drug-likeness (QED) is 0.826. The van der Waals surface area contributed by atoms with Crippen molar-refractivity contribution >= 4 is 11.8 Å². The predicted molar refractivity (Wildman–Crippen MR) is 59.9 cm³/mol. The highest BCUT2D eigenvalue weighted by molar-refractivity contribution is 5.97. The van der Waals surface area contributed by atoms with Crippen LogP contribution < -0.4 is 10.6 Å². The molecule has 2 N–H and O–H groups in total. The van der Waals surface area contributed by atoms with Gasteiger partial charge in [0.05, 0.1) is 5.56 Å². The Balaban J connectivity index is 2.09. The van der Waals surface area contributed by atoms with Crippen LogP contribution >= 0.6 is 0 Å². The van der Waals surface area contributed by atoms with Gasteiger partial charge in [0.15, 0.2) is 0 Å². The predicted octanol–water partition coefficient (Wildman–Crippen LogP) is 0.973. The van der Waals surface area contributed by atoms with Gasteiger partial charge in [-0.3, -0.25) is 9.59 Å². The first-order chi connectivity index (χ1) is 8.58. The minimum atomic E-state index is -0.941. The lowest BCUT2D eigenvalue weighted by atomic mass is 10.1. The SMILES string of the molecule is O=C(N[C@H]1CCCNC1=O)c1ccc(F)cc1F. The van der Waals surface area contributed by atoms with Crippen molar-refractivity contribution in [2.75, 3.05) is 6.54 Å². The van der Waals surface area contributed by atoms with Crippen LogP contribution in [-0.4, -0.2) is 24.4 Å². The van der Waals surface area contributed by atoms with E-state index < -0.39 is 23.6 Å². The first-order valence-electron chi connectivity index (χ1n) is 5.61. The average Bonchev–Trinajstić information content (AvgIpc) is 2.32. The Bertz CT molecular complexity index is 491. The van der Waals surface area contributed by atoms with Gasteiger partial charge in [-0.1, -0.05) is 0 Å². The molecule has 1 heterocycles. The number of benzene rings is 1. The van der Waals surface area contributed by atoms with E-state index in [0.29, 0.717) is 19.0 Å². The summed E-state index contributed by atoms with van der Waals surface area (Å²) in [6, 6.07) is 2.03. The highest BCUT2D eigenvalue weighted by Gasteiger charge is 2.25. The normalized spacial score (nSPS) is 19.2. The first-order valence-corrected chi connectivity index (χ1v) is 5.61. The van der Waals surface area contributed by atoms with Crippen molar-refractivity contribution in [1.82, 2.24) is 10.6 Å². The maximum absolute atomic E-state index is 13.4. The lowest BCUT2D eigenvalue weighted by Gasteiger charge is -2.22. The highest BCUT2D eigenvalue weighted by atomic mass is 19.1. The maximum atomic E-state index is 13.4. The molecule has 1 fully saturated rings. The van der Waals surface area contributed by atoms with E-state index >= 15 is 0 Å². The fraction of sp³-hybridized carbons (Fsp3) is 0.333. The Hall–Kier alpha value is -1.98. The lowest BCUT2D eigenvalue weighted by Crippen LogP contribution is -2.50. The number of carbonyl (C=O) groups is 2. The number of halogens is 2. The van der Waals surface area contributed by atoms with Crippen LogP contribution in [0, 0.1) is 11.6 Å². The summed E-state index contributed by atoms with van der Waals surface area (Å²) in [6.45, 7) is 0.579. The summed E-state index contributed by atoms with van der Waals surface area (Å²) < 4.78 is 26.0. The van der Waals surface area contributed by atoms with Gasteiger partial charge in [-0.25, -0.2) is 8.78 Å². The molecule has 96 valence electrons. The van der Waals surface area contributed by atoms with Crippen LogP contribution in [0.25, 0.3) is 0 Å². The number of carbonyl (C=O) groups excluding carboxylic acids is 2. The molecule has 4 nitrogen and oxygen atoms in total. The zero-order chi connectivity index (χ0) is 13.1. The second-order valence-corrected chi connectivity index (χ2v) is 4.08. The van der Waals surface area contributed by atoms with Crippen molar-refractivity contribution in [1.29, 1.82) is 0 Å². The molecular weight excluding hydrogens is 242 g/mol. The van der Waals surface area contributed by atoms with Gasteiger partial charge in [0.25, 0.3) is 5.91 Å². The molecule has 1 saturated heterocycles. The van der Waals surface area contributed by atoms with Crippen molar-refractivity contribution in [3.63, 3.8) is 0 Å². The molecule has 0 bridgehead atoms. The van der Waals surface area contributed by atoms with Crippen molar-refractivity contribution < 1.29 is 18.4 Å². The number of hydrogen-bond acceptors (Lipinski definition) is 2. The Morgan fingerprint density at radius 2 is 2.17 bits per heavy atom. The minimum absolute atomic E-state index is 0.269. The Morgan fingerprint density at radius 3 is 2.83 bits per heavy atom. The molecule has 0 saturated carbocycles. The van der Waals surface area contributed by atoms with Crippen molar-refractivity contribution in [3.8, 4) is 0 Å². The molecule has 0 aliphatic carbocycles. The molecule has 1 atom stereocenters. The largest absolute Gasteiger partial charge is 0.354 e. The summed E-state index contributed by atoms with van der Waals surface area (Å²) >= 11 is 0. The van der Waals surface area contributed by atoms with Gasteiger partial charge in [-0.05, 0) is 25.0 Å². The third-order valence-corrected chi connectivity index (χ3v) is 2.77. The number of rotatable bonds is 2. The molecule has 1 aromatic rings. The number of piperidine rings is 1. The molecule has 1 aliphatic heterocycles. The minimum Gasteiger partial charge on any atom is -0.354 e. The second-order valence-electron chi connectivity index (χ2n) is 4.08. The maximum Gasteiger partial charge on any atom is 0.254 e. The monoisotopic (exact) mass is 254 g/mol. The van der Waals surface area contributed by atoms with Gasteiger partial charge in [-0.2, -0.15) is 0 Å². The van der Waals surface area contributed by atoms with Crippen LogP contribution in [0.1, 0.15) is 23.2 Å². The fourth-order valence-corrected chi connectivity index (χ4v) is 1.82. The molecule has 2 amide bonds. The third kappa shape index (κ3) is 2.64. The first kappa shape index (κ1) is 12.5. The molecular formula is C12H12F2N2O2. The van der Waals surface area contributed by atoms with E-state index in [2.05, 4.69) is 10.6 Å². The standard InChI is InChI=1S/C12H12F2N2O2/c13-7-3-4-8(9(14)6-7)11(17)16-10-2-1-5-15-12(10)18/h3-4,6,10H,1-2,5H2,(H,15,18)(H,16,17)/t10-/m0/s1. The molecule has 6 heteroatoms. The topological polar surface area (TPSA) is 58.2 Å². The average molecular weight is 254 g/mol. The van der Waals surface area contributed by atoms with Crippen molar-refractivity contribution in [3.05, 3.63) is 35.4 Å². The summed E-state index contributed by atoms with van der Waals surface area (Å²) in [6.07, 6.45) is 1.27. The van der Waals surface area contributed by atoms with Gasteiger partial charge < -0.3 is 10.6 Å². The number of hydrogen-bond donors (Lipinski definition) is 2. The van der Waals surface area contributed by atoms with Gasteiger partial charge >= 0.3 is 0 Å². The zero-order valence-corrected chi connectivity index (χ0v) is 9.50. The summed E-state index contributed by atoms with van der Waals surface area (Å²) in [7, 11) is 0. The van der Waals surface area contributed by atoms with Crippen LogP contribution in [0.3, 0.4) is 0 Å². The summed E-state index contributed by atoms with van der Waals surface area (Å²) in [5.41, 5.74) is -0.269. The van der Waals surface area contributed by atoms with Crippen molar-refractivity contribution in [2.24, 2.45) is 0 Å². The van der Waals surface area contributed by atoms with Crippen LogP contribution in [0.15, 0.2) is 18.2 Å². The van der Waals surface area contributed by atoms with E-state index in [1.54, 1.807) is 0 Å². The van der Waals surface area contributed by atoms with E-state index in [1.165, 1.54) is 0 Å². The molecule has 0 radical (unpaired) electrons. The van der Waals surface area contributed by atoms with Gasteiger partial charge in [0.2, 0.25) is 5.91 Å². The smallest absolute Gasteiger partial charge is 0.254 e. The highest BCUT2D eigenvalue weighted by Crippen LogP contribution is 2.11. The van der Waals surface area contributed by atoms with E-state index in [0.717, 1.165) is 18.6 Å². The molecule has 0 unspecified atom stereocenters. The lowest BCUT2D eigenvalue weighted by molar-refractivity contribution is -0.124. The molecule has 1 aliphatic rings. The Morgan fingerprint density at radius 1 is 1.39 bits per heavy atom. The van der Waals surface area contributed by atoms with Crippen LogP contribution in [0.4, 0.5) is 8.78 Å². The molecule has 2 rings (SSSR count). The molecule has 0 aromatic heterocycles. The van der Waals surface area contributed by atoms with E-state index in [1.807, 2.05) is 0 Å². The third-order valence-electron chi connectivity index (χ3n) is 2.77. The molecule has 1 aromatic carbocycles. The van der Waals surface area contributed by atoms with E-state index in [4.69, 9.17) is 0 Å². The van der Waals surface area contributed by atoms with E-state index in [9.17, 15) is 18.4 Å². The molecule has 0 spiro atoms. The van der Waals surface area contributed by atoms with Crippen LogP contribution in [0.5, 0.6) is 0 Å². The van der Waals surface area contributed by atoms with Gasteiger partial charge in [0.1, 0.15) is 17.7 Å². The zero-order valence-electron chi connectivity index (χ0n) is 9.50. The van der Waals surface area contributed by atoms with Crippen LogP contribution in [-0.2, 0) is 4.79 Å². The summed E-state index contributed by atoms with van der Waals surface area (Å²) in [5, 5.41) is 5.04. The number of nitrogens with one attached hydrogen (secondary N) is 2. The summed E-state index contributed by atoms with van der Waals surface area (Å²) in [4.78, 5) is 23.2. The van der Waals surface area contributed by atoms with Crippen molar-refractivity contribution in [2.45, 2.75) is 18.9 Å². The second kappa shape index (κ2) is 5.12. The molecule has 18 heavy (non-hydrogen) atoms.